The van der Waals surface area contributed by atoms with E-state index < -0.39 is 49.5 Å². The van der Waals surface area contributed by atoms with Crippen molar-refractivity contribution in [2.75, 3.05) is 13.2 Å². The van der Waals surface area contributed by atoms with Crippen LogP contribution in [0.4, 0.5) is 4.39 Å². The Morgan fingerprint density at radius 1 is 1.32 bits per heavy atom. The minimum atomic E-state index is -4.11. The number of ether oxygens (including phenoxy) is 2. The minimum Gasteiger partial charge on any atom is -0.462 e. The van der Waals surface area contributed by atoms with Crippen LogP contribution in [0.1, 0.15) is 33.4 Å². The van der Waals surface area contributed by atoms with Gasteiger partial charge in [0.05, 0.1) is 18.8 Å². The molecule has 0 spiro atoms. The molecule has 1 aliphatic rings. The molecule has 0 bridgehead atoms. The van der Waals surface area contributed by atoms with Crippen LogP contribution < -0.4 is 20.9 Å². The van der Waals surface area contributed by atoms with E-state index in [0.717, 1.165) is 16.8 Å². The maximum absolute atomic E-state index is 15.2. The first kappa shape index (κ1) is 25.8. The van der Waals surface area contributed by atoms with Crippen LogP contribution in [-0.2, 0) is 23.4 Å². The average Bonchev–Trinajstić information content (AvgIpc) is 3.05. The summed E-state index contributed by atoms with van der Waals surface area (Å²) in [7, 11) is -4.11. The quantitative estimate of drug-likeness (QED) is 0.372. The van der Waals surface area contributed by atoms with Crippen molar-refractivity contribution in [1.82, 2.24) is 14.6 Å². The Bertz CT molecular complexity index is 1150. The van der Waals surface area contributed by atoms with Crippen molar-refractivity contribution in [2.24, 2.45) is 0 Å². The van der Waals surface area contributed by atoms with E-state index in [1.807, 2.05) is 4.98 Å². The summed E-state index contributed by atoms with van der Waals surface area (Å²) in [5, 5.41) is 2.45. The highest BCUT2D eigenvalue weighted by molar-refractivity contribution is 7.52. The van der Waals surface area contributed by atoms with Gasteiger partial charge in [-0.2, -0.15) is 0 Å². The highest BCUT2D eigenvalue weighted by Gasteiger charge is 2.48. The molecule has 1 unspecified atom stereocenters. The van der Waals surface area contributed by atoms with Gasteiger partial charge < -0.3 is 14.0 Å². The van der Waals surface area contributed by atoms with Crippen LogP contribution in [-0.4, -0.2) is 46.5 Å². The molecule has 1 aromatic heterocycles. The molecule has 2 heterocycles. The van der Waals surface area contributed by atoms with Crippen LogP contribution in [0.5, 0.6) is 5.75 Å². The monoisotopic (exact) mass is 499 g/mol. The zero-order valence-corrected chi connectivity index (χ0v) is 19.8. The van der Waals surface area contributed by atoms with Crippen molar-refractivity contribution in [3.05, 3.63) is 63.4 Å². The lowest BCUT2D eigenvalue weighted by molar-refractivity contribution is -0.145. The number of nitrogens with zero attached hydrogens (tertiary/aromatic N) is 1. The number of hydrogen-bond donors (Lipinski definition) is 2. The number of H-pyrrole nitrogens is 1. The van der Waals surface area contributed by atoms with E-state index in [1.165, 1.54) is 6.92 Å². The van der Waals surface area contributed by atoms with Crippen LogP contribution in [0.15, 0.2) is 52.2 Å². The van der Waals surface area contributed by atoms with Crippen molar-refractivity contribution in [1.29, 1.82) is 0 Å². The average molecular weight is 499 g/mol. The predicted molar refractivity (Wildman–Crippen MR) is 119 cm³/mol. The van der Waals surface area contributed by atoms with Crippen LogP contribution in [0.25, 0.3) is 0 Å². The van der Waals surface area contributed by atoms with Crippen molar-refractivity contribution >= 4 is 13.7 Å². The van der Waals surface area contributed by atoms with Crippen molar-refractivity contribution in [3.8, 4) is 5.75 Å². The lowest BCUT2D eigenvalue weighted by Gasteiger charge is -2.23. The van der Waals surface area contributed by atoms with Gasteiger partial charge >= 0.3 is 19.4 Å². The molecular weight excluding hydrogens is 472 g/mol. The Kier molecular flexibility index (Phi) is 8.09. The lowest BCUT2D eigenvalue weighted by atomic mass is 10.0. The van der Waals surface area contributed by atoms with Gasteiger partial charge in [-0.05, 0) is 32.9 Å². The van der Waals surface area contributed by atoms with Gasteiger partial charge in [0.1, 0.15) is 12.3 Å². The van der Waals surface area contributed by atoms with Crippen LogP contribution in [0.2, 0.25) is 0 Å². The molecule has 0 amide bonds. The Balaban J connectivity index is 1.71. The number of aromatic amines is 1. The number of carbonyl (C=O) groups is 1. The summed E-state index contributed by atoms with van der Waals surface area (Å²) in [6.45, 7) is 3.76. The molecule has 1 aromatic carbocycles. The van der Waals surface area contributed by atoms with Crippen molar-refractivity contribution in [2.45, 2.75) is 51.3 Å². The molecule has 11 nitrogen and oxygen atoms in total. The summed E-state index contributed by atoms with van der Waals surface area (Å²) in [6.07, 6.45) is -1.67. The van der Waals surface area contributed by atoms with Gasteiger partial charge in [0, 0.05) is 18.7 Å². The number of benzene rings is 1. The second kappa shape index (κ2) is 10.6. The topological polar surface area (TPSA) is 138 Å². The standard InChI is InChI=1S/C21H27FN3O8P/c1-14(2)31-18(27)12-23-34(29,33-15-7-5-4-6-8-15)30-13-16-11-21(3,22)19(32-16)25-10-9-17(26)24-20(25)28/h4-10,14,16,19H,11-13H2,1-3H3,(H,23,29)(H,24,26,28)/t16-,19+,21+,34?/m0/s1. The van der Waals surface area contributed by atoms with Gasteiger partial charge in [-0.25, -0.2) is 18.8 Å². The summed E-state index contributed by atoms with van der Waals surface area (Å²) in [4.78, 5) is 37.3. The molecule has 2 aromatic rings. The fourth-order valence-electron chi connectivity index (χ4n) is 3.36. The highest BCUT2D eigenvalue weighted by atomic mass is 31.2. The van der Waals surface area contributed by atoms with Crippen molar-refractivity contribution in [3.63, 3.8) is 0 Å². The second-order valence-corrected chi connectivity index (χ2v) is 9.93. The third-order valence-corrected chi connectivity index (χ3v) is 6.24. The fraction of sp³-hybridized carbons (Fsp3) is 0.476. The summed E-state index contributed by atoms with van der Waals surface area (Å²) < 4.78 is 51.1. The molecule has 4 atom stereocenters. The number of carbonyl (C=O) groups excluding carboxylic acids is 1. The summed E-state index contributed by atoms with van der Waals surface area (Å²) in [6, 6.07) is 9.23. The van der Waals surface area contributed by atoms with Crippen LogP contribution >= 0.6 is 7.75 Å². The number of alkyl halides is 1. The largest absolute Gasteiger partial charge is 0.462 e. The van der Waals surface area contributed by atoms with Crippen molar-refractivity contribution < 1.29 is 32.3 Å². The van der Waals surface area contributed by atoms with Gasteiger partial charge in [-0.1, -0.05) is 18.2 Å². The first-order valence-electron chi connectivity index (χ1n) is 10.6. The number of nitrogens with one attached hydrogen (secondary N) is 2. The fourth-order valence-corrected chi connectivity index (χ4v) is 4.65. The summed E-state index contributed by atoms with van der Waals surface area (Å²) >= 11 is 0. The molecule has 0 radical (unpaired) electrons. The van der Waals surface area contributed by atoms with E-state index in [2.05, 4.69) is 5.09 Å². The van der Waals surface area contributed by atoms with Gasteiger partial charge in [0.2, 0.25) is 0 Å². The molecule has 1 fully saturated rings. The van der Waals surface area contributed by atoms with Gasteiger partial charge in [0.25, 0.3) is 5.56 Å². The van der Waals surface area contributed by atoms with Gasteiger partial charge in [0.15, 0.2) is 11.9 Å². The molecule has 186 valence electrons. The molecule has 2 N–H and O–H groups in total. The minimum absolute atomic E-state index is 0.191. The molecule has 1 saturated heterocycles. The smallest absolute Gasteiger partial charge is 0.459 e. The predicted octanol–water partition coefficient (Wildman–Crippen LogP) is 2.30. The molecule has 3 rings (SSSR count). The first-order chi connectivity index (χ1) is 16.0. The number of para-hydroxylation sites is 1. The number of rotatable bonds is 10. The lowest BCUT2D eigenvalue weighted by Crippen LogP contribution is -2.38. The molecule has 13 heteroatoms. The Labute approximate surface area is 194 Å². The third-order valence-electron chi connectivity index (χ3n) is 4.75. The number of hydrogen-bond acceptors (Lipinski definition) is 8. The Morgan fingerprint density at radius 3 is 2.68 bits per heavy atom. The zero-order chi connectivity index (χ0) is 24.9. The van der Waals surface area contributed by atoms with E-state index in [9.17, 15) is 18.9 Å². The maximum Gasteiger partial charge on any atom is 0.459 e. The van der Waals surface area contributed by atoms with Gasteiger partial charge in [-0.3, -0.25) is 23.7 Å². The summed E-state index contributed by atoms with van der Waals surface area (Å²) in [5.41, 5.74) is -3.44. The Morgan fingerprint density at radius 2 is 2.03 bits per heavy atom. The number of esters is 1. The zero-order valence-electron chi connectivity index (χ0n) is 18.9. The molecule has 0 aliphatic carbocycles. The number of halogens is 1. The maximum atomic E-state index is 15.2. The second-order valence-electron chi connectivity index (χ2n) is 8.18. The highest BCUT2D eigenvalue weighted by Crippen LogP contribution is 2.46. The third kappa shape index (κ3) is 6.86. The Hall–Kier alpha value is -2.79. The van der Waals surface area contributed by atoms with Crippen LogP contribution in [0, 0.1) is 0 Å². The van der Waals surface area contributed by atoms with E-state index in [1.54, 1.807) is 44.2 Å². The van der Waals surface area contributed by atoms with E-state index in [-0.39, 0.29) is 24.9 Å². The number of aromatic nitrogens is 2. The van der Waals surface area contributed by atoms with Crippen LogP contribution in [0.3, 0.4) is 0 Å². The van der Waals surface area contributed by atoms with E-state index in [0.29, 0.717) is 0 Å². The van der Waals surface area contributed by atoms with E-state index >= 15 is 4.39 Å². The molecule has 1 aliphatic heterocycles. The molecule has 0 saturated carbocycles. The first-order valence-corrected chi connectivity index (χ1v) is 12.1. The molecular formula is C21H27FN3O8P. The normalized spacial score (nSPS) is 24.0. The molecule has 34 heavy (non-hydrogen) atoms. The SMILES string of the molecule is CC(C)OC(=O)CNP(=O)(OC[C@@H]1C[C@@](C)(F)[C@H](n2ccc(=O)[nH]c2=O)O1)Oc1ccccc1. The summed E-state index contributed by atoms with van der Waals surface area (Å²) in [5.74, 6) is -0.447. The van der Waals surface area contributed by atoms with E-state index in [4.69, 9.17) is 18.5 Å². The van der Waals surface area contributed by atoms with Gasteiger partial charge in [-0.15, -0.1) is 0 Å².